The van der Waals surface area contributed by atoms with Crippen molar-refractivity contribution in [3.63, 3.8) is 0 Å². The van der Waals surface area contributed by atoms with Crippen LogP contribution in [0.25, 0.3) is 22.4 Å². The zero-order valence-corrected chi connectivity index (χ0v) is 19.7. The molecule has 2 aromatic heterocycles. The minimum absolute atomic E-state index is 0.0103. The fourth-order valence-electron chi connectivity index (χ4n) is 3.67. The molecule has 9 heteroatoms. The van der Waals surface area contributed by atoms with Gasteiger partial charge in [0.25, 0.3) is 0 Å². The molecule has 0 bridgehead atoms. The molecular weight excluding hydrogens is 452 g/mol. The zero-order chi connectivity index (χ0) is 23.9. The molecule has 2 aromatic carbocycles. The van der Waals surface area contributed by atoms with Crippen LogP contribution in [0, 0.1) is 0 Å². The van der Waals surface area contributed by atoms with Gasteiger partial charge in [-0.3, -0.25) is 14.2 Å². The van der Waals surface area contributed by atoms with E-state index in [9.17, 15) is 14.4 Å². The number of hydrogen-bond acceptors (Lipinski definition) is 6. The van der Waals surface area contributed by atoms with Crippen molar-refractivity contribution in [3.05, 3.63) is 70.0 Å². The third kappa shape index (κ3) is 5.99. The largest absolute Gasteiger partial charge is 0.419 e. The van der Waals surface area contributed by atoms with E-state index in [4.69, 9.17) is 4.42 Å². The van der Waals surface area contributed by atoms with Crippen molar-refractivity contribution in [3.8, 4) is 11.3 Å². The van der Waals surface area contributed by atoms with Crippen LogP contribution in [0.4, 0.5) is 5.13 Å². The Hall–Kier alpha value is -3.72. The van der Waals surface area contributed by atoms with E-state index in [1.165, 1.54) is 23.8 Å². The quantitative estimate of drug-likeness (QED) is 0.332. The van der Waals surface area contributed by atoms with Crippen LogP contribution < -0.4 is 16.4 Å². The summed E-state index contributed by atoms with van der Waals surface area (Å²) in [6.07, 6.45) is 2.56. The number of benzene rings is 2. The Morgan fingerprint density at radius 3 is 2.68 bits per heavy atom. The van der Waals surface area contributed by atoms with Gasteiger partial charge in [0.1, 0.15) is 0 Å². The molecule has 0 aliphatic rings. The predicted molar refractivity (Wildman–Crippen MR) is 133 cm³/mol. The van der Waals surface area contributed by atoms with Crippen LogP contribution in [-0.4, -0.2) is 27.9 Å². The first-order valence-corrected chi connectivity index (χ1v) is 12.0. The van der Waals surface area contributed by atoms with Crippen LogP contribution in [0.5, 0.6) is 0 Å². The van der Waals surface area contributed by atoms with E-state index >= 15 is 0 Å². The highest BCUT2D eigenvalue weighted by molar-refractivity contribution is 7.14. The first kappa shape index (κ1) is 23.4. The molecule has 0 unspecified atom stereocenters. The van der Waals surface area contributed by atoms with E-state index in [1.54, 1.807) is 10.6 Å². The number of nitrogens with zero attached hydrogens (tertiary/aromatic N) is 2. The second-order valence-electron chi connectivity index (χ2n) is 7.96. The van der Waals surface area contributed by atoms with Gasteiger partial charge < -0.3 is 15.1 Å². The molecule has 0 fully saturated rings. The Balaban J connectivity index is 1.26. The van der Waals surface area contributed by atoms with Crippen molar-refractivity contribution in [2.24, 2.45) is 0 Å². The lowest BCUT2D eigenvalue weighted by molar-refractivity contribution is -0.119. The van der Waals surface area contributed by atoms with E-state index in [-0.39, 0.29) is 18.2 Å². The van der Waals surface area contributed by atoms with Crippen molar-refractivity contribution < 1.29 is 14.0 Å². The molecule has 176 valence electrons. The van der Waals surface area contributed by atoms with Crippen molar-refractivity contribution >= 4 is 39.4 Å². The molecular formula is C25H26N4O4S. The molecule has 34 heavy (non-hydrogen) atoms. The SMILES string of the molecule is CC(=O)NCCCc1ccc(-c2csc(NC(=O)CCCn3c(=O)oc4ccccc43)n2)cc1. The maximum absolute atomic E-state index is 12.4. The molecule has 0 saturated heterocycles. The monoisotopic (exact) mass is 478 g/mol. The number of carbonyl (C=O) groups excluding carboxylic acids is 2. The fraction of sp³-hybridized carbons (Fsp3) is 0.280. The van der Waals surface area contributed by atoms with E-state index < -0.39 is 5.76 Å². The Morgan fingerprint density at radius 2 is 1.88 bits per heavy atom. The summed E-state index contributed by atoms with van der Waals surface area (Å²) in [6, 6.07) is 15.4. The Kier molecular flexibility index (Phi) is 7.54. The number of aromatic nitrogens is 2. The Bertz CT molecular complexity index is 1340. The van der Waals surface area contributed by atoms with Gasteiger partial charge in [-0.1, -0.05) is 36.4 Å². The summed E-state index contributed by atoms with van der Waals surface area (Å²) in [7, 11) is 0. The van der Waals surface area contributed by atoms with Gasteiger partial charge >= 0.3 is 5.76 Å². The van der Waals surface area contributed by atoms with E-state index in [0.29, 0.717) is 30.2 Å². The van der Waals surface area contributed by atoms with Crippen LogP contribution in [0.2, 0.25) is 0 Å². The van der Waals surface area contributed by atoms with Crippen molar-refractivity contribution in [1.82, 2.24) is 14.9 Å². The normalized spacial score (nSPS) is 11.0. The second kappa shape index (κ2) is 10.9. The van der Waals surface area contributed by atoms with Gasteiger partial charge in [-0.05, 0) is 37.0 Å². The Morgan fingerprint density at radius 1 is 1.09 bits per heavy atom. The number of oxazole rings is 1. The van der Waals surface area contributed by atoms with Crippen molar-refractivity contribution in [1.29, 1.82) is 0 Å². The minimum atomic E-state index is -0.412. The molecule has 0 aliphatic heterocycles. The Labute approximate surface area is 200 Å². The van der Waals surface area contributed by atoms with Gasteiger partial charge in [0.2, 0.25) is 11.8 Å². The van der Waals surface area contributed by atoms with Crippen LogP contribution in [0.1, 0.15) is 31.7 Å². The van der Waals surface area contributed by atoms with Gasteiger partial charge in [0.15, 0.2) is 10.7 Å². The fourth-order valence-corrected chi connectivity index (χ4v) is 4.40. The van der Waals surface area contributed by atoms with Crippen LogP contribution in [-0.2, 0) is 22.6 Å². The third-order valence-electron chi connectivity index (χ3n) is 5.38. The van der Waals surface area contributed by atoms with Gasteiger partial charge in [0, 0.05) is 37.4 Å². The zero-order valence-electron chi connectivity index (χ0n) is 18.9. The number of aryl methyl sites for hydroxylation is 2. The minimum Gasteiger partial charge on any atom is -0.408 e. The summed E-state index contributed by atoms with van der Waals surface area (Å²) < 4.78 is 6.77. The number of rotatable bonds is 10. The first-order valence-electron chi connectivity index (χ1n) is 11.2. The van der Waals surface area contributed by atoms with Gasteiger partial charge in [-0.25, -0.2) is 9.78 Å². The summed E-state index contributed by atoms with van der Waals surface area (Å²) in [5.41, 5.74) is 4.26. The molecule has 2 amide bonds. The highest BCUT2D eigenvalue weighted by Gasteiger charge is 2.11. The van der Waals surface area contributed by atoms with E-state index in [1.807, 2.05) is 35.7 Å². The average molecular weight is 479 g/mol. The second-order valence-corrected chi connectivity index (χ2v) is 8.82. The molecule has 0 spiro atoms. The van der Waals surface area contributed by atoms with Gasteiger partial charge in [0.05, 0.1) is 11.2 Å². The summed E-state index contributed by atoms with van der Waals surface area (Å²) >= 11 is 1.38. The smallest absolute Gasteiger partial charge is 0.408 e. The number of thiazole rings is 1. The van der Waals surface area contributed by atoms with Crippen LogP contribution >= 0.6 is 11.3 Å². The highest BCUT2D eigenvalue weighted by atomic mass is 32.1. The number of amides is 2. The molecule has 4 rings (SSSR count). The van der Waals surface area contributed by atoms with Gasteiger partial charge in [-0.2, -0.15) is 0 Å². The summed E-state index contributed by atoms with van der Waals surface area (Å²) in [5, 5.41) is 8.10. The lowest BCUT2D eigenvalue weighted by Gasteiger charge is -2.04. The van der Waals surface area contributed by atoms with Crippen molar-refractivity contribution in [2.75, 3.05) is 11.9 Å². The summed E-state index contributed by atoms with van der Waals surface area (Å²) in [6.45, 7) is 2.59. The van der Waals surface area contributed by atoms with E-state index in [0.717, 1.165) is 29.6 Å². The maximum Gasteiger partial charge on any atom is 0.419 e. The molecule has 0 radical (unpaired) electrons. The number of anilines is 1. The molecule has 2 N–H and O–H groups in total. The first-order chi connectivity index (χ1) is 16.5. The highest BCUT2D eigenvalue weighted by Crippen LogP contribution is 2.25. The molecule has 0 aliphatic carbocycles. The standard InChI is InChI=1S/C25H26N4O4S/c1-17(30)26-14-4-6-18-10-12-19(13-11-18)20-16-34-24(27-20)28-23(31)9-5-15-29-21-7-2-3-8-22(21)33-25(29)32/h2-3,7-8,10-13,16H,4-6,9,14-15H2,1H3,(H,26,30)(H,27,28,31). The third-order valence-corrected chi connectivity index (χ3v) is 6.13. The summed E-state index contributed by atoms with van der Waals surface area (Å²) in [4.78, 5) is 39.8. The molecule has 2 heterocycles. The number of para-hydroxylation sites is 2. The lowest BCUT2D eigenvalue weighted by Crippen LogP contribution is -2.21. The number of hydrogen-bond donors (Lipinski definition) is 2. The average Bonchev–Trinajstić information content (AvgIpc) is 3.41. The summed E-state index contributed by atoms with van der Waals surface area (Å²) in [5.74, 6) is -0.565. The number of nitrogens with one attached hydrogen (secondary N) is 2. The van der Waals surface area contributed by atoms with Crippen LogP contribution in [0.15, 0.2) is 63.1 Å². The van der Waals surface area contributed by atoms with Crippen molar-refractivity contribution in [2.45, 2.75) is 39.2 Å². The predicted octanol–water partition coefficient (Wildman–Crippen LogP) is 4.21. The number of fused-ring (bicyclic) bond motifs is 1. The molecule has 4 aromatic rings. The lowest BCUT2D eigenvalue weighted by atomic mass is 10.1. The maximum atomic E-state index is 12.4. The topological polar surface area (TPSA) is 106 Å². The van der Waals surface area contributed by atoms with E-state index in [2.05, 4.69) is 27.8 Å². The van der Waals surface area contributed by atoms with Gasteiger partial charge in [-0.15, -0.1) is 11.3 Å². The van der Waals surface area contributed by atoms with Crippen LogP contribution in [0.3, 0.4) is 0 Å². The molecule has 8 nitrogen and oxygen atoms in total. The number of carbonyl (C=O) groups is 2. The molecule has 0 saturated carbocycles. The molecule has 0 atom stereocenters.